The molecule has 0 saturated heterocycles. The van der Waals surface area contributed by atoms with Gasteiger partial charge < -0.3 is 9.73 Å². The number of benzene rings is 1. The van der Waals surface area contributed by atoms with Gasteiger partial charge in [0.05, 0.1) is 6.54 Å². The first kappa shape index (κ1) is 14.4. The van der Waals surface area contributed by atoms with Gasteiger partial charge in [-0.25, -0.2) is 0 Å². The molecule has 0 bridgehead atoms. The Kier molecular flexibility index (Phi) is 4.89. The average molecular weight is 280 g/mol. The minimum Gasteiger partial charge on any atom is -0.459 e. The molecule has 0 atom stereocenters. The van der Waals surface area contributed by atoms with E-state index in [0.717, 1.165) is 54.3 Å². The smallest absolute Gasteiger partial charge is 0.137 e. The molecule has 19 heavy (non-hydrogen) atoms. The third-order valence-corrected chi connectivity index (χ3v) is 3.56. The molecule has 0 aliphatic carbocycles. The molecule has 2 nitrogen and oxygen atoms in total. The summed E-state index contributed by atoms with van der Waals surface area (Å²) in [4.78, 5) is 0. The van der Waals surface area contributed by atoms with Gasteiger partial charge in [-0.1, -0.05) is 31.9 Å². The van der Waals surface area contributed by atoms with Crippen LogP contribution in [0.4, 0.5) is 0 Å². The molecule has 1 aromatic heterocycles. The number of halogens is 1. The van der Waals surface area contributed by atoms with E-state index >= 15 is 0 Å². The van der Waals surface area contributed by atoms with Gasteiger partial charge in [-0.3, -0.25) is 0 Å². The van der Waals surface area contributed by atoms with E-state index in [1.807, 2.05) is 12.1 Å². The van der Waals surface area contributed by atoms with E-state index in [-0.39, 0.29) is 0 Å². The molecule has 0 aliphatic rings. The van der Waals surface area contributed by atoms with Crippen LogP contribution in [-0.4, -0.2) is 6.54 Å². The summed E-state index contributed by atoms with van der Waals surface area (Å²) in [5, 5.41) is 5.39. The van der Waals surface area contributed by atoms with E-state index in [1.54, 1.807) is 0 Å². The predicted molar refractivity (Wildman–Crippen MR) is 82.0 cm³/mol. The Labute approximate surface area is 120 Å². The van der Waals surface area contributed by atoms with E-state index in [4.69, 9.17) is 16.0 Å². The quantitative estimate of drug-likeness (QED) is 0.765. The summed E-state index contributed by atoms with van der Waals surface area (Å²) in [6.45, 7) is 8.23. The molecular weight excluding hydrogens is 258 g/mol. The van der Waals surface area contributed by atoms with Gasteiger partial charge in [0.25, 0.3) is 0 Å². The molecule has 0 amide bonds. The van der Waals surface area contributed by atoms with Crippen LogP contribution in [0.5, 0.6) is 0 Å². The fourth-order valence-corrected chi connectivity index (χ4v) is 2.74. The molecule has 2 rings (SSSR count). The van der Waals surface area contributed by atoms with Crippen LogP contribution in [0.3, 0.4) is 0 Å². The second-order valence-electron chi connectivity index (χ2n) is 5.03. The van der Waals surface area contributed by atoms with Gasteiger partial charge >= 0.3 is 0 Å². The first-order valence-corrected chi connectivity index (χ1v) is 7.46. The van der Waals surface area contributed by atoms with Crippen molar-refractivity contribution >= 4 is 22.6 Å². The highest BCUT2D eigenvalue weighted by Gasteiger charge is 2.15. The summed E-state index contributed by atoms with van der Waals surface area (Å²) in [7, 11) is 0. The molecule has 1 N–H and O–H groups in total. The minimum absolute atomic E-state index is 0.788. The Morgan fingerprint density at radius 2 is 2.00 bits per heavy atom. The molecule has 0 radical (unpaired) electrons. The van der Waals surface area contributed by atoms with Gasteiger partial charge in [0, 0.05) is 16.0 Å². The van der Waals surface area contributed by atoms with E-state index in [1.165, 1.54) is 10.9 Å². The van der Waals surface area contributed by atoms with E-state index < -0.39 is 0 Å². The van der Waals surface area contributed by atoms with Crippen molar-refractivity contribution < 1.29 is 4.42 Å². The van der Waals surface area contributed by atoms with Crippen molar-refractivity contribution in [1.82, 2.24) is 5.32 Å². The van der Waals surface area contributed by atoms with Crippen LogP contribution in [0.15, 0.2) is 16.5 Å². The molecule has 3 heteroatoms. The number of aryl methyl sites for hydroxylation is 2. The summed E-state index contributed by atoms with van der Waals surface area (Å²) in [6, 6.07) is 3.99. The molecule has 0 spiro atoms. The normalized spacial score (nSPS) is 11.4. The lowest BCUT2D eigenvalue weighted by Crippen LogP contribution is -2.14. The molecule has 0 unspecified atom stereocenters. The Morgan fingerprint density at radius 3 is 2.68 bits per heavy atom. The van der Waals surface area contributed by atoms with Crippen molar-refractivity contribution in [3.8, 4) is 0 Å². The highest BCUT2D eigenvalue weighted by Crippen LogP contribution is 2.32. The third-order valence-electron chi connectivity index (χ3n) is 3.34. The number of furan rings is 1. The standard InChI is InChI=1S/C16H22ClNO/c1-4-6-13-14-9-12(17)8-11(3)16(14)19-15(13)10-18-7-5-2/h8-9,18H,4-7,10H2,1-3H3. The Morgan fingerprint density at radius 1 is 1.21 bits per heavy atom. The second kappa shape index (κ2) is 6.44. The van der Waals surface area contributed by atoms with E-state index in [2.05, 4.69) is 26.1 Å². The van der Waals surface area contributed by atoms with Gasteiger partial charge in [-0.05, 0) is 44.0 Å². The second-order valence-corrected chi connectivity index (χ2v) is 5.47. The van der Waals surface area contributed by atoms with Gasteiger partial charge in [0.1, 0.15) is 11.3 Å². The zero-order valence-corrected chi connectivity index (χ0v) is 12.7. The van der Waals surface area contributed by atoms with Crippen molar-refractivity contribution in [3.63, 3.8) is 0 Å². The lowest BCUT2D eigenvalue weighted by molar-refractivity contribution is 0.505. The summed E-state index contributed by atoms with van der Waals surface area (Å²) >= 11 is 6.17. The van der Waals surface area contributed by atoms with E-state index in [0.29, 0.717) is 0 Å². The molecule has 1 aromatic carbocycles. The van der Waals surface area contributed by atoms with Gasteiger partial charge in [0.2, 0.25) is 0 Å². The zero-order chi connectivity index (χ0) is 13.8. The van der Waals surface area contributed by atoms with Crippen LogP contribution in [0.1, 0.15) is 43.6 Å². The fourth-order valence-electron chi connectivity index (χ4n) is 2.47. The maximum absolute atomic E-state index is 6.17. The first-order chi connectivity index (χ1) is 9.17. The van der Waals surface area contributed by atoms with Gasteiger partial charge in [-0.15, -0.1) is 0 Å². The lowest BCUT2D eigenvalue weighted by atomic mass is 10.0. The lowest BCUT2D eigenvalue weighted by Gasteiger charge is -2.03. The van der Waals surface area contributed by atoms with Crippen molar-refractivity contribution in [1.29, 1.82) is 0 Å². The summed E-state index contributed by atoms with van der Waals surface area (Å²) in [5.74, 6) is 1.07. The van der Waals surface area contributed by atoms with Crippen LogP contribution in [0.2, 0.25) is 5.02 Å². The van der Waals surface area contributed by atoms with Gasteiger partial charge in [-0.2, -0.15) is 0 Å². The van der Waals surface area contributed by atoms with Crippen LogP contribution < -0.4 is 5.32 Å². The molecule has 2 aromatic rings. The average Bonchev–Trinajstić information content (AvgIpc) is 2.70. The molecule has 0 saturated carbocycles. The number of fused-ring (bicyclic) bond motifs is 1. The van der Waals surface area contributed by atoms with Crippen molar-refractivity contribution in [3.05, 3.63) is 34.0 Å². The molecule has 1 heterocycles. The monoisotopic (exact) mass is 279 g/mol. The largest absolute Gasteiger partial charge is 0.459 e. The van der Waals surface area contributed by atoms with Crippen LogP contribution in [0.25, 0.3) is 11.0 Å². The topological polar surface area (TPSA) is 25.2 Å². The SMILES string of the molecule is CCCNCc1oc2c(C)cc(Cl)cc2c1CCC. The Balaban J connectivity index is 2.44. The number of hydrogen-bond acceptors (Lipinski definition) is 2. The highest BCUT2D eigenvalue weighted by atomic mass is 35.5. The van der Waals surface area contributed by atoms with Crippen molar-refractivity contribution in [2.75, 3.05) is 6.54 Å². The maximum atomic E-state index is 6.17. The molecule has 104 valence electrons. The van der Waals surface area contributed by atoms with E-state index in [9.17, 15) is 0 Å². The van der Waals surface area contributed by atoms with Crippen LogP contribution in [0, 0.1) is 6.92 Å². The predicted octanol–water partition coefficient (Wildman–Crippen LogP) is 4.85. The van der Waals surface area contributed by atoms with Crippen molar-refractivity contribution in [2.24, 2.45) is 0 Å². The number of hydrogen-bond donors (Lipinski definition) is 1. The maximum Gasteiger partial charge on any atom is 0.137 e. The van der Waals surface area contributed by atoms with Gasteiger partial charge in [0.15, 0.2) is 0 Å². The minimum atomic E-state index is 0.788. The summed E-state index contributed by atoms with van der Waals surface area (Å²) in [6.07, 6.45) is 3.28. The number of nitrogens with one attached hydrogen (secondary N) is 1. The fraction of sp³-hybridized carbons (Fsp3) is 0.500. The molecular formula is C16H22ClNO. The van der Waals surface area contributed by atoms with Crippen LogP contribution in [-0.2, 0) is 13.0 Å². The Bertz CT molecular complexity index is 559. The van der Waals surface area contributed by atoms with Crippen LogP contribution >= 0.6 is 11.6 Å². The number of rotatable bonds is 6. The summed E-state index contributed by atoms with van der Waals surface area (Å²) in [5.41, 5.74) is 3.41. The highest BCUT2D eigenvalue weighted by molar-refractivity contribution is 6.31. The third kappa shape index (κ3) is 3.13. The first-order valence-electron chi connectivity index (χ1n) is 7.08. The molecule has 0 aliphatic heterocycles. The Hall–Kier alpha value is -0.990. The molecule has 0 fully saturated rings. The van der Waals surface area contributed by atoms with Crippen molar-refractivity contribution in [2.45, 2.75) is 46.6 Å². The summed E-state index contributed by atoms with van der Waals surface area (Å²) < 4.78 is 6.06. The zero-order valence-electron chi connectivity index (χ0n) is 12.0.